The van der Waals surface area contributed by atoms with Gasteiger partial charge in [0.1, 0.15) is 24.3 Å². The molecule has 1 aliphatic rings. The number of benzene rings is 3. The highest BCUT2D eigenvalue weighted by molar-refractivity contribution is 5.83. The molecule has 0 saturated heterocycles. The van der Waals surface area contributed by atoms with Crippen LogP contribution in [0.25, 0.3) is 11.0 Å². The Morgan fingerprint density at radius 1 is 0.969 bits per heavy atom. The summed E-state index contributed by atoms with van der Waals surface area (Å²) in [6, 6.07) is 19.2. The molecule has 32 heavy (non-hydrogen) atoms. The van der Waals surface area contributed by atoms with E-state index in [2.05, 4.69) is 36.1 Å². The summed E-state index contributed by atoms with van der Waals surface area (Å²) in [5.41, 5.74) is 3.58. The summed E-state index contributed by atoms with van der Waals surface area (Å²) in [4.78, 5) is 15.3. The molecule has 4 aromatic rings. The molecule has 0 saturated carbocycles. The fourth-order valence-electron chi connectivity index (χ4n) is 3.88. The second-order valence-electron chi connectivity index (χ2n) is 7.85. The van der Waals surface area contributed by atoms with Gasteiger partial charge in [0, 0.05) is 13.1 Å². The van der Waals surface area contributed by atoms with E-state index in [0.717, 1.165) is 17.9 Å². The molecule has 3 aromatic carbocycles. The number of hydrogen-bond donors (Lipinski definition) is 0. The minimum absolute atomic E-state index is 0.107. The monoisotopic (exact) mass is 429 g/mol. The average molecular weight is 429 g/mol. The molecule has 2 heterocycles. The van der Waals surface area contributed by atoms with E-state index >= 15 is 0 Å². The Balaban J connectivity index is 1.46. The van der Waals surface area contributed by atoms with Crippen molar-refractivity contribution in [1.82, 2.24) is 4.90 Å². The minimum atomic E-state index is -0.240. The Morgan fingerprint density at radius 2 is 1.75 bits per heavy atom. The molecular formula is C26H23NO5. The van der Waals surface area contributed by atoms with Crippen LogP contribution in [-0.2, 0) is 13.1 Å². The summed E-state index contributed by atoms with van der Waals surface area (Å²) in [5.74, 6) is 1.83. The molecule has 0 spiro atoms. The van der Waals surface area contributed by atoms with Gasteiger partial charge >= 0.3 is 0 Å². The summed E-state index contributed by atoms with van der Waals surface area (Å²) < 4.78 is 23.0. The number of nitrogens with zero attached hydrogens (tertiary/aromatic N) is 1. The molecular weight excluding hydrogens is 406 g/mol. The topological polar surface area (TPSA) is 61.1 Å². The molecule has 0 atom stereocenters. The lowest BCUT2D eigenvalue weighted by Gasteiger charge is -2.29. The normalized spacial score (nSPS) is 13.4. The van der Waals surface area contributed by atoms with Gasteiger partial charge in [-0.3, -0.25) is 9.69 Å². The molecule has 0 fully saturated rings. The molecule has 0 bridgehead atoms. The summed E-state index contributed by atoms with van der Waals surface area (Å²) in [6.07, 6.45) is 1.36. The SMILES string of the molecule is COc1ccccc1Oc1coc2c3c(ccc2c1=O)OCN(Cc1ccc(C)cc1)C3. The largest absolute Gasteiger partial charge is 0.493 e. The molecule has 6 nitrogen and oxygen atoms in total. The van der Waals surface area contributed by atoms with Gasteiger partial charge in [-0.1, -0.05) is 42.0 Å². The molecule has 0 unspecified atom stereocenters. The van der Waals surface area contributed by atoms with Gasteiger partial charge in [-0.05, 0) is 36.8 Å². The van der Waals surface area contributed by atoms with Crippen LogP contribution in [0.15, 0.2) is 76.1 Å². The molecule has 0 aliphatic carbocycles. The highest BCUT2D eigenvalue weighted by Crippen LogP contribution is 2.34. The lowest BCUT2D eigenvalue weighted by Crippen LogP contribution is -2.31. The van der Waals surface area contributed by atoms with Crippen LogP contribution in [0.5, 0.6) is 23.0 Å². The van der Waals surface area contributed by atoms with E-state index in [-0.39, 0.29) is 11.2 Å². The predicted molar refractivity (Wildman–Crippen MR) is 121 cm³/mol. The molecule has 162 valence electrons. The van der Waals surface area contributed by atoms with Crippen molar-refractivity contribution in [3.05, 3.63) is 93.8 Å². The molecule has 1 aliphatic heterocycles. The summed E-state index contributed by atoms with van der Waals surface area (Å²) in [5, 5.41) is 0.455. The first kappa shape index (κ1) is 20.2. The van der Waals surface area contributed by atoms with Gasteiger partial charge in [0.25, 0.3) is 0 Å². The van der Waals surface area contributed by atoms with Crippen LogP contribution in [0.1, 0.15) is 16.7 Å². The van der Waals surface area contributed by atoms with E-state index in [0.29, 0.717) is 35.7 Å². The second kappa shape index (κ2) is 8.40. The number of hydrogen-bond acceptors (Lipinski definition) is 6. The van der Waals surface area contributed by atoms with E-state index in [1.807, 2.05) is 18.2 Å². The lowest BCUT2D eigenvalue weighted by molar-refractivity contribution is 0.0890. The second-order valence-corrected chi connectivity index (χ2v) is 7.85. The van der Waals surface area contributed by atoms with Crippen molar-refractivity contribution in [1.29, 1.82) is 0 Å². The molecule has 0 amide bonds. The fourth-order valence-corrected chi connectivity index (χ4v) is 3.88. The molecule has 1 aromatic heterocycles. The minimum Gasteiger partial charge on any atom is -0.493 e. The quantitative estimate of drug-likeness (QED) is 0.432. The van der Waals surface area contributed by atoms with Crippen LogP contribution in [0.2, 0.25) is 0 Å². The number of aryl methyl sites for hydroxylation is 1. The maximum atomic E-state index is 13.1. The number of fused-ring (bicyclic) bond motifs is 3. The van der Waals surface area contributed by atoms with Crippen molar-refractivity contribution < 1.29 is 18.6 Å². The smallest absolute Gasteiger partial charge is 0.235 e. The van der Waals surface area contributed by atoms with Gasteiger partial charge in [-0.25, -0.2) is 0 Å². The highest BCUT2D eigenvalue weighted by atomic mass is 16.5. The predicted octanol–water partition coefficient (Wildman–Crippen LogP) is 5.25. The maximum absolute atomic E-state index is 13.1. The van der Waals surface area contributed by atoms with Gasteiger partial charge in [-0.15, -0.1) is 0 Å². The molecule has 0 N–H and O–H groups in total. The van der Waals surface area contributed by atoms with E-state index in [1.165, 1.54) is 17.4 Å². The molecule has 0 radical (unpaired) electrons. The summed E-state index contributed by atoms with van der Waals surface area (Å²) in [6.45, 7) is 3.92. The zero-order chi connectivity index (χ0) is 22.1. The third kappa shape index (κ3) is 3.81. The first-order valence-corrected chi connectivity index (χ1v) is 10.4. The number of para-hydroxylation sites is 2. The Labute approximate surface area is 185 Å². The van der Waals surface area contributed by atoms with Crippen molar-refractivity contribution in [3.8, 4) is 23.0 Å². The van der Waals surface area contributed by atoms with E-state index in [9.17, 15) is 4.79 Å². The first-order chi connectivity index (χ1) is 15.6. The molecule has 6 heteroatoms. The van der Waals surface area contributed by atoms with Crippen molar-refractivity contribution >= 4 is 11.0 Å². The van der Waals surface area contributed by atoms with Crippen molar-refractivity contribution in [3.63, 3.8) is 0 Å². The Hall–Kier alpha value is -3.77. The van der Waals surface area contributed by atoms with Gasteiger partial charge < -0.3 is 18.6 Å². The van der Waals surface area contributed by atoms with E-state index in [1.54, 1.807) is 25.3 Å². The van der Waals surface area contributed by atoms with Crippen LogP contribution in [0, 0.1) is 6.92 Å². The molecule has 5 rings (SSSR count). The van der Waals surface area contributed by atoms with Crippen LogP contribution in [-0.4, -0.2) is 18.7 Å². The van der Waals surface area contributed by atoms with E-state index in [4.69, 9.17) is 18.6 Å². The number of methoxy groups -OCH3 is 1. The van der Waals surface area contributed by atoms with Crippen LogP contribution < -0.4 is 19.6 Å². The third-order valence-electron chi connectivity index (χ3n) is 5.57. The third-order valence-corrected chi connectivity index (χ3v) is 5.57. The van der Waals surface area contributed by atoms with Gasteiger partial charge in [0.05, 0.1) is 18.1 Å². The van der Waals surface area contributed by atoms with Crippen LogP contribution >= 0.6 is 0 Å². The van der Waals surface area contributed by atoms with Crippen LogP contribution in [0.3, 0.4) is 0 Å². The number of rotatable bonds is 5. The van der Waals surface area contributed by atoms with Gasteiger partial charge in [-0.2, -0.15) is 0 Å². The van der Waals surface area contributed by atoms with Gasteiger partial charge in [0.2, 0.25) is 11.2 Å². The highest BCUT2D eigenvalue weighted by Gasteiger charge is 2.23. The Morgan fingerprint density at radius 3 is 2.53 bits per heavy atom. The van der Waals surface area contributed by atoms with Crippen molar-refractivity contribution in [2.75, 3.05) is 13.8 Å². The summed E-state index contributed by atoms with van der Waals surface area (Å²) in [7, 11) is 1.56. The number of ether oxygens (including phenoxy) is 3. The van der Waals surface area contributed by atoms with Gasteiger partial charge in [0.15, 0.2) is 11.5 Å². The lowest BCUT2D eigenvalue weighted by atomic mass is 10.1. The zero-order valence-electron chi connectivity index (χ0n) is 18.0. The first-order valence-electron chi connectivity index (χ1n) is 10.4. The zero-order valence-corrected chi connectivity index (χ0v) is 18.0. The maximum Gasteiger partial charge on any atom is 0.235 e. The summed E-state index contributed by atoms with van der Waals surface area (Å²) >= 11 is 0. The van der Waals surface area contributed by atoms with E-state index < -0.39 is 0 Å². The fraction of sp³-hybridized carbons (Fsp3) is 0.192. The van der Waals surface area contributed by atoms with Crippen LogP contribution in [0.4, 0.5) is 0 Å². The van der Waals surface area contributed by atoms with Crippen molar-refractivity contribution in [2.24, 2.45) is 0 Å². The Bertz CT molecular complexity index is 1330. The van der Waals surface area contributed by atoms with Crippen molar-refractivity contribution in [2.45, 2.75) is 20.0 Å². The Kier molecular flexibility index (Phi) is 5.29. The average Bonchev–Trinajstić information content (AvgIpc) is 2.82. The standard InChI is InChI=1S/C26H23NO5/c1-17-7-9-18(10-8-17)13-27-14-20-21(31-16-27)12-11-19-25(28)24(15-30-26(19)20)32-23-6-4-3-5-22(23)29-2/h3-12,15H,13-14,16H2,1-2H3.